The summed E-state index contributed by atoms with van der Waals surface area (Å²) in [5.74, 6) is 0.621. The summed E-state index contributed by atoms with van der Waals surface area (Å²) < 4.78 is 38.5. The third-order valence-corrected chi connectivity index (χ3v) is 6.89. The predicted octanol–water partition coefficient (Wildman–Crippen LogP) is 2.79. The van der Waals surface area contributed by atoms with Gasteiger partial charge in [-0.2, -0.15) is 0 Å². The van der Waals surface area contributed by atoms with Crippen molar-refractivity contribution < 1.29 is 17.9 Å². The minimum atomic E-state index is -3.39. The number of hydrogen-bond acceptors (Lipinski definition) is 5. The summed E-state index contributed by atoms with van der Waals surface area (Å²) in [6.45, 7) is 1.87. The van der Waals surface area contributed by atoms with Crippen molar-refractivity contribution in [2.75, 3.05) is 32.1 Å². The minimum Gasteiger partial charge on any atom is -0.492 e. The van der Waals surface area contributed by atoms with E-state index in [1.54, 1.807) is 11.3 Å². The van der Waals surface area contributed by atoms with Gasteiger partial charge in [-0.15, -0.1) is 11.3 Å². The van der Waals surface area contributed by atoms with E-state index in [-0.39, 0.29) is 17.8 Å². The summed E-state index contributed by atoms with van der Waals surface area (Å²) >= 11 is 1.68. The number of ether oxygens (including phenoxy) is 2. The van der Waals surface area contributed by atoms with Gasteiger partial charge in [0.2, 0.25) is 10.0 Å². The van der Waals surface area contributed by atoms with E-state index in [2.05, 4.69) is 10.8 Å². The molecule has 1 aliphatic rings. The van der Waals surface area contributed by atoms with Gasteiger partial charge in [0.15, 0.2) is 0 Å². The molecule has 0 aliphatic carbocycles. The van der Waals surface area contributed by atoms with Crippen molar-refractivity contribution >= 4 is 21.4 Å². The number of thiophene rings is 1. The van der Waals surface area contributed by atoms with E-state index in [0.717, 1.165) is 12.8 Å². The van der Waals surface area contributed by atoms with E-state index < -0.39 is 10.0 Å². The molecule has 1 aromatic heterocycles. The third kappa shape index (κ3) is 5.04. The highest BCUT2D eigenvalue weighted by molar-refractivity contribution is 7.89. The lowest BCUT2D eigenvalue weighted by molar-refractivity contribution is 0.0529. The van der Waals surface area contributed by atoms with E-state index in [4.69, 9.17) is 9.47 Å². The third-order valence-electron chi connectivity index (χ3n) is 4.49. The normalized spacial score (nSPS) is 17.3. The molecule has 0 amide bonds. The van der Waals surface area contributed by atoms with E-state index in [0.29, 0.717) is 25.5 Å². The SMILES string of the molecule is O=S(=O)(CCOc1ccccc1)NCC1(c2cccs2)CCOCC1. The Balaban J connectivity index is 1.56. The van der Waals surface area contributed by atoms with Gasteiger partial charge in [0.05, 0.1) is 5.75 Å². The molecule has 1 aliphatic heterocycles. The van der Waals surface area contributed by atoms with Crippen LogP contribution in [0.5, 0.6) is 5.75 Å². The quantitative estimate of drug-likeness (QED) is 0.764. The fourth-order valence-electron chi connectivity index (χ4n) is 2.96. The fourth-order valence-corrected chi connectivity index (χ4v) is 4.89. The zero-order valence-electron chi connectivity index (χ0n) is 14.0. The van der Waals surface area contributed by atoms with Crippen LogP contribution in [0.15, 0.2) is 47.8 Å². The summed E-state index contributed by atoms with van der Waals surface area (Å²) in [5.41, 5.74) is -0.167. The molecule has 0 saturated carbocycles. The molecule has 5 nitrogen and oxygen atoms in total. The Morgan fingerprint density at radius 1 is 1.12 bits per heavy atom. The van der Waals surface area contributed by atoms with Crippen LogP contribution in [0.4, 0.5) is 0 Å². The second kappa shape index (κ2) is 8.31. The van der Waals surface area contributed by atoms with Crippen LogP contribution >= 0.6 is 11.3 Å². The maximum Gasteiger partial charge on any atom is 0.214 e. The first-order valence-electron chi connectivity index (χ1n) is 8.37. The topological polar surface area (TPSA) is 64.6 Å². The van der Waals surface area contributed by atoms with Crippen molar-refractivity contribution in [2.24, 2.45) is 0 Å². The van der Waals surface area contributed by atoms with Gasteiger partial charge in [0.25, 0.3) is 0 Å². The lowest BCUT2D eigenvalue weighted by Crippen LogP contribution is -2.45. The lowest BCUT2D eigenvalue weighted by Gasteiger charge is -2.36. The molecule has 0 bridgehead atoms. The average Bonchev–Trinajstić information content (AvgIpc) is 3.17. The fraction of sp³-hybridized carbons (Fsp3) is 0.444. The van der Waals surface area contributed by atoms with Gasteiger partial charge in [-0.1, -0.05) is 24.3 Å². The van der Waals surface area contributed by atoms with Gasteiger partial charge in [0, 0.05) is 30.1 Å². The molecule has 25 heavy (non-hydrogen) atoms. The highest BCUT2D eigenvalue weighted by Gasteiger charge is 2.36. The molecular formula is C18H23NO4S2. The molecule has 7 heteroatoms. The Morgan fingerprint density at radius 2 is 1.88 bits per heavy atom. The minimum absolute atomic E-state index is 0.0566. The van der Waals surface area contributed by atoms with Crippen LogP contribution in [-0.4, -0.2) is 40.5 Å². The van der Waals surface area contributed by atoms with Crippen LogP contribution in [-0.2, 0) is 20.2 Å². The van der Waals surface area contributed by atoms with Crippen LogP contribution in [0.3, 0.4) is 0 Å². The monoisotopic (exact) mass is 381 g/mol. The summed E-state index contributed by atoms with van der Waals surface area (Å²) in [7, 11) is -3.39. The first-order chi connectivity index (χ1) is 12.1. The van der Waals surface area contributed by atoms with Crippen LogP contribution in [0, 0.1) is 0 Å². The summed E-state index contributed by atoms with van der Waals surface area (Å²) in [6.07, 6.45) is 1.66. The van der Waals surface area contributed by atoms with E-state index in [9.17, 15) is 8.42 Å². The molecule has 0 radical (unpaired) electrons. The number of para-hydroxylation sites is 1. The standard InChI is InChI=1S/C18H23NO4S2/c20-25(21,14-12-23-16-5-2-1-3-6-16)19-15-18(8-10-22-11-9-18)17-7-4-13-24-17/h1-7,13,19H,8-12,14-15H2. The molecular weight excluding hydrogens is 358 g/mol. The molecule has 1 N–H and O–H groups in total. The summed E-state index contributed by atoms with van der Waals surface area (Å²) in [4.78, 5) is 1.22. The highest BCUT2D eigenvalue weighted by atomic mass is 32.2. The number of nitrogens with one attached hydrogen (secondary N) is 1. The Hall–Kier alpha value is -1.41. The van der Waals surface area contributed by atoms with Gasteiger partial charge in [-0.25, -0.2) is 13.1 Å². The lowest BCUT2D eigenvalue weighted by atomic mass is 9.79. The Morgan fingerprint density at radius 3 is 2.56 bits per heavy atom. The molecule has 0 atom stereocenters. The zero-order valence-corrected chi connectivity index (χ0v) is 15.7. The summed E-state index contributed by atoms with van der Waals surface area (Å²) in [5, 5.41) is 2.04. The van der Waals surface area contributed by atoms with Crippen molar-refractivity contribution in [3.8, 4) is 5.75 Å². The van der Waals surface area contributed by atoms with Gasteiger partial charge in [-0.3, -0.25) is 0 Å². The molecule has 136 valence electrons. The van der Waals surface area contributed by atoms with E-state index >= 15 is 0 Å². The molecule has 2 heterocycles. The molecule has 0 spiro atoms. The average molecular weight is 382 g/mol. The largest absolute Gasteiger partial charge is 0.492 e. The number of rotatable bonds is 8. The number of hydrogen-bond donors (Lipinski definition) is 1. The highest BCUT2D eigenvalue weighted by Crippen LogP contribution is 2.37. The summed E-state index contributed by atoms with van der Waals surface area (Å²) in [6, 6.07) is 13.3. The smallest absolute Gasteiger partial charge is 0.214 e. The zero-order chi connectivity index (χ0) is 17.6. The van der Waals surface area contributed by atoms with E-state index in [1.807, 2.05) is 41.8 Å². The van der Waals surface area contributed by atoms with Crippen molar-refractivity contribution in [1.29, 1.82) is 0 Å². The molecule has 1 aromatic carbocycles. The van der Waals surface area contributed by atoms with E-state index in [1.165, 1.54) is 4.88 Å². The second-order valence-electron chi connectivity index (χ2n) is 6.17. The predicted molar refractivity (Wildman–Crippen MR) is 99.8 cm³/mol. The number of benzene rings is 1. The molecule has 2 aromatic rings. The first-order valence-corrected chi connectivity index (χ1v) is 10.9. The Labute approximate surface area is 153 Å². The van der Waals surface area contributed by atoms with Crippen LogP contribution in [0.25, 0.3) is 0 Å². The van der Waals surface area contributed by atoms with Gasteiger partial charge in [-0.05, 0) is 36.4 Å². The molecule has 3 rings (SSSR count). The Kier molecular flexibility index (Phi) is 6.11. The van der Waals surface area contributed by atoms with Crippen molar-refractivity contribution in [2.45, 2.75) is 18.3 Å². The van der Waals surface area contributed by atoms with Crippen molar-refractivity contribution in [3.05, 3.63) is 52.7 Å². The van der Waals surface area contributed by atoms with Crippen molar-refractivity contribution in [3.63, 3.8) is 0 Å². The van der Waals surface area contributed by atoms with Crippen molar-refractivity contribution in [1.82, 2.24) is 4.72 Å². The van der Waals surface area contributed by atoms with Crippen LogP contribution < -0.4 is 9.46 Å². The van der Waals surface area contributed by atoms with Crippen LogP contribution in [0.1, 0.15) is 17.7 Å². The van der Waals surface area contributed by atoms with Gasteiger partial charge in [0.1, 0.15) is 12.4 Å². The molecule has 0 unspecified atom stereocenters. The molecule has 1 saturated heterocycles. The van der Waals surface area contributed by atoms with Gasteiger partial charge < -0.3 is 9.47 Å². The number of sulfonamides is 1. The maximum absolute atomic E-state index is 12.4. The first kappa shape index (κ1) is 18.4. The Bertz CT molecular complexity index is 739. The second-order valence-corrected chi connectivity index (χ2v) is 9.05. The van der Waals surface area contributed by atoms with Crippen LogP contribution in [0.2, 0.25) is 0 Å². The maximum atomic E-state index is 12.4. The molecule has 1 fully saturated rings. The van der Waals surface area contributed by atoms with Gasteiger partial charge >= 0.3 is 0 Å².